The highest BCUT2D eigenvalue weighted by molar-refractivity contribution is 14.1. The number of amides is 1. The normalized spacial score (nSPS) is 15.9. The predicted molar refractivity (Wildman–Crippen MR) is 88.5 cm³/mol. The summed E-state index contributed by atoms with van der Waals surface area (Å²) in [5.41, 5.74) is 1.10. The lowest BCUT2D eigenvalue weighted by Gasteiger charge is -2.19. The summed E-state index contributed by atoms with van der Waals surface area (Å²) in [5.74, 6) is 0.746. The second kappa shape index (κ2) is 6.57. The highest BCUT2D eigenvalue weighted by atomic mass is 127. The molecule has 1 fully saturated rings. The van der Waals surface area contributed by atoms with Gasteiger partial charge < -0.3 is 15.1 Å². The fraction of sp³-hybridized carbons (Fsp3) is 0.333. The Hall–Kier alpha value is -1.41. The molecule has 0 spiro atoms. The fourth-order valence-corrected chi connectivity index (χ4v) is 2.95. The molecular formula is C15H16IN3O2. The highest BCUT2D eigenvalue weighted by Crippen LogP contribution is 2.24. The van der Waals surface area contributed by atoms with Crippen molar-refractivity contribution in [1.29, 1.82) is 0 Å². The number of oxazole rings is 1. The van der Waals surface area contributed by atoms with Gasteiger partial charge in [0, 0.05) is 15.2 Å². The van der Waals surface area contributed by atoms with Crippen LogP contribution in [0.1, 0.15) is 35.1 Å². The van der Waals surface area contributed by atoms with Gasteiger partial charge in [-0.1, -0.05) is 6.07 Å². The Morgan fingerprint density at radius 3 is 2.95 bits per heavy atom. The van der Waals surface area contributed by atoms with E-state index in [9.17, 15) is 4.79 Å². The zero-order valence-corrected chi connectivity index (χ0v) is 13.6. The van der Waals surface area contributed by atoms with Crippen molar-refractivity contribution in [2.45, 2.75) is 18.8 Å². The van der Waals surface area contributed by atoms with E-state index < -0.39 is 0 Å². The van der Waals surface area contributed by atoms with E-state index in [1.54, 1.807) is 0 Å². The molecule has 2 aromatic rings. The molecule has 0 unspecified atom stereocenters. The van der Waals surface area contributed by atoms with Crippen LogP contribution in [0.2, 0.25) is 0 Å². The Kier molecular flexibility index (Phi) is 4.54. The molecule has 3 rings (SSSR count). The highest BCUT2D eigenvalue weighted by Gasteiger charge is 2.22. The number of hydrogen-bond acceptors (Lipinski definition) is 4. The van der Waals surface area contributed by atoms with E-state index in [1.807, 2.05) is 24.3 Å². The molecule has 21 heavy (non-hydrogen) atoms. The Labute approximate surface area is 136 Å². The second-order valence-electron chi connectivity index (χ2n) is 5.06. The number of nitrogens with zero attached hydrogens (tertiary/aromatic N) is 1. The maximum absolute atomic E-state index is 12.2. The summed E-state index contributed by atoms with van der Waals surface area (Å²) in [6.07, 6.45) is 3.44. The average Bonchev–Trinajstić information content (AvgIpc) is 2.98. The van der Waals surface area contributed by atoms with E-state index >= 15 is 0 Å². The van der Waals surface area contributed by atoms with Gasteiger partial charge in [-0.05, 0) is 66.7 Å². The molecule has 6 heteroatoms. The van der Waals surface area contributed by atoms with Crippen LogP contribution in [-0.2, 0) is 0 Å². The summed E-state index contributed by atoms with van der Waals surface area (Å²) in [6, 6.07) is 7.64. The number of aromatic nitrogens is 1. The molecule has 1 aliphatic rings. The Morgan fingerprint density at radius 2 is 2.19 bits per heavy atom. The topological polar surface area (TPSA) is 67.2 Å². The lowest BCUT2D eigenvalue weighted by Crippen LogP contribution is -2.26. The number of carbonyl (C=O) groups excluding carboxylic acids is 1. The minimum atomic E-state index is -0.235. The molecule has 0 aliphatic carbocycles. The van der Waals surface area contributed by atoms with Gasteiger partial charge in [-0.15, -0.1) is 0 Å². The standard InChI is InChI=1S/C15H16IN3O2/c16-11-2-1-3-12(8-11)18-14(20)13-9-21-15(19-13)10-4-6-17-7-5-10/h1-3,8-10,17H,4-7H2,(H,18,20). The summed E-state index contributed by atoms with van der Waals surface area (Å²) < 4.78 is 6.56. The van der Waals surface area contributed by atoms with Crippen LogP contribution >= 0.6 is 22.6 Å². The summed E-state index contributed by atoms with van der Waals surface area (Å²) in [4.78, 5) is 16.5. The SMILES string of the molecule is O=C(Nc1cccc(I)c1)c1coc(C2CCNCC2)n1. The van der Waals surface area contributed by atoms with E-state index in [2.05, 4.69) is 38.2 Å². The molecule has 5 nitrogen and oxygen atoms in total. The van der Waals surface area contributed by atoms with Gasteiger partial charge in [-0.25, -0.2) is 4.98 Å². The van der Waals surface area contributed by atoms with Crippen molar-refractivity contribution >= 4 is 34.2 Å². The minimum absolute atomic E-state index is 0.235. The number of hydrogen-bond donors (Lipinski definition) is 2. The first-order chi connectivity index (χ1) is 10.2. The van der Waals surface area contributed by atoms with Crippen molar-refractivity contribution in [2.24, 2.45) is 0 Å². The van der Waals surface area contributed by atoms with Gasteiger partial charge in [0.1, 0.15) is 6.26 Å². The molecule has 1 aromatic carbocycles. The predicted octanol–water partition coefficient (Wildman–Crippen LogP) is 3.00. The smallest absolute Gasteiger partial charge is 0.277 e. The monoisotopic (exact) mass is 397 g/mol. The van der Waals surface area contributed by atoms with Crippen LogP contribution in [0.15, 0.2) is 34.9 Å². The number of nitrogens with one attached hydrogen (secondary N) is 2. The first kappa shape index (κ1) is 14.5. The number of benzene rings is 1. The second-order valence-corrected chi connectivity index (χ2v) is 6.31. The van der Waals surface area contributed by atoms with Crippen molar-refractivity contribution in [3.8, 4) is 0 Å². The van der Waals surface area contributed by atoms with Crippen LogP contribution in [0, 0.1) is 3.57 Å². The Bertz CT molecular complexity index is 635. The molecular weight excluding hydrogens is 381 g/mol. The van der Waals surface area contributed by atoms with E-state index in [4.69, 9.17) is 4.42 Å². The number of halogens is 1. The molecule has 1 aromatic heterocycles. The lowest BCUT2D eigenvalue weighted by molar-refractivity contribution is 0.102. The fourth-order valence-electron chi connectivity index (χ4n) is 2.41. The molecule has 0 bridgehead atoms. The lowest BCUT2D eigenvalue weighted by atomic mass is 9.98. The van der Waals surface area contributed by atoms with Gasteiger partial charge in [0.2, 0.25) is 0 Å². The first-order valence-corrected chi connectivity index (χ1v) is 8.03. The summed E-state index contributed by atoms with van der Waals surface area (Å²) >= 11 is 2.21. The van der Waals surface area contributed by atoms with Crippen molar-refractivity contribution < 1.29 is 9.21 Å². The molecule has 1 saturated heterocycles. The zero-order chi connectivity index (χ0) is 14.7. The zero-order valence-electron chi connectivity index (χ0n) is 11.4. The van der Waals surface area contributed by atoms with Crippen LogP contribution in [-0.4, -0.2) is 24.0 Å². The van der Waals surface area contributed by atoms with Crippen LogP contribution in [0.3, 0.4) is 0 Å². The number of carbonyl (C=O) groups is 1. The maximum Gasteiger partial charge on any atom is 0.277 e. The van der Waals surface area contributed by atoms with Crippen molar-refractivity contribution in [3.05, 3.63) is 45.7 Å². The van der Waals surface area contributed by atoms with Gasteiger partial charge in [-0.3, -0.25) is 4.79 Å². The minimum Gasteiger partial charge on any atom is -0.448 e. The largest absolute Gasteiger partial charge is 0.448 e. The third-order valence-electron chi connectivity index (χ3n) is 3.53. The van der Waals surface area contributed by atoms with Gasteiger partial charge in [0.15, 0.2) is 11.6 Å². The van der Waals surface area contributed by atoms with Crippen LogP contribution < -0.4 is 10.6 Å². The molecule has 110 valence electrons. The number of anilines is 1. The molecule has 2 heterocycles. The maximum atomic E-state index is 12.2. The summed E-state index contributed by atoms with van der Waals surface area (Å²) in [7, 11) is 0. The van der Waals surface area contributed by atoms with Crippen molar-refractivity contribution in [1.82, 2.24) is 10.3 Å². The number of piperidine rings is 1. The van der Waals surface area contributed by atoms with Gasteiger partial charge in [0.25, 0.3) is 5.91 Å². The van der Waals surface area contributed by atoms with Crippen LogP contribution in [0.5, 0.6) is 0 Å². The van der Waals surface area contributed by atoms with Gasteiger partial charge in [-0.2, -0.15) is 0 Å². The number of rotatable bonds is 3. The van der Waals surface area contributed by atoms with E-state index in [1.165, 1.54) is 6.26 Å². The third kappa shape index (κ3) is 3.62. The van der Waals surface area contributed by atoms with Crippen molar-refractivity contribution in [2.75, 3.05) is 18.4 Å². The molecule has 0 saturated carbocycles. The Balaban J connectivity index is 1.69. The molecule has 0 atom stereocenters. The summed E-state index contributed by atoms with van der Waals surface area (Å²) in [5, 5.41) is 6.14. The third-order valence-corrected chi connectivity index (χ3v) is 4.20. The van der Waals surface area contributed by atoms with Crippen molar-refractivity contribution in [3.63, 3.8) is 0 Å². The summed E-state index contributed by atoms with van der Waals surface area (Å²) in [6.45, 7) is 1.94. The van der Waals surface area contributed by atoms with E-state index in [0.717, 1.165) is 35.2 Å². The molecule has 1 aliphatic heterocycles. The quantitative estimate of drug-likeness (QED) is 0.782. The van der Waals surface area contributed by atoms with E-state index in [0.29, 0.717) is 17.5 Å². The van der Waals surface area contributed by atoms with Gasteiger partial charge >= 0.3 is 0 Å². The molecule has 0 radical (unpaired) electrons. The average molecular weight is 397 g/mol. The molecule has 1 amide bonds. The van der Waals surface area contributed by atoms with E-state index in [-0.39, 0.29) is 5.91 Å². The van der Waals surface area contributed by atoms with Crippen LogP contribution in [0.25, 0.3) is 0 Å². The molecule has 2 N–H and O–H groups in total. The van der Waals surface area contributed by atoms with Gasteiger partial charge in [0.05, 0.1) is 0 Å². The first-order valence-electron chi connectivity index (χ1n) is 6.95. The Morgan fingerprint density at radius 1 is 1.38 bits per heavy atom. The van der Waals surface area contributed by atoms with Crippen LogP contribution in [0.4, 0.5) is 5.69 Å².